The smallest absolute Gasteiger partial charge is 0.237 e. The van der Waals surface area contributed by atoms with Crippen molar-refractivity contribution in [2.75, 3.05) is 24.5 Å². The minimum Gasteiger partial charge on any atom is -0.368 e. The summed E-state index contributed by atoms with van der Waals surface area (Å²) < 4.78 is 13.3. The molecule has 0 aromatic heterocycles. The van der Waals surface area contributed by atoms with E-state index >= 15 is 0 Å². The minimum absolute atomic E-state index is 0.00769. The summed E-state index contributed by atoms with van der Waals surface area (Å²) in [5.74, 6) is -0.132. The lowest BCUT2D eigenvalue weighted by atomic mass is 10.0. The molecule has 2 saturated heterocycles. The van der Waals surface area contributed by atoms with E-state index in [4.69, 9.17) is 0 Å². The summed E-state index contributed by atoms with van der Waals surface area (Å²) in [6, 6.07) is 17.8. The normalized spacial score (nSPS) is 24.1. The fraction of sp³-hybridized carbons (Fsp3) is 0.364. The molecule has 1 amide bonds. The molecule has 28 heavy (non-hydrogen) atoms. The number of carbonyl (C=O) groups is 1. The number of alkyl halides is 1. The molecule has 6 heteroatoms. The van der Waals surface area contributed by atoms with E-state index in [2.05, 4.69) is 21.6 Å². The number of amides is 1. The third-order valence-electron chi connectivity index (χ3n) is 5.49. The molecule has 2 N–H and O–H groups in total. The van der Waals surface area contributed by atoms with Gasteiger partial charge in [0, 0.05) is 32.1 Å². The van der Waals surface area contributed by atoms with Gasteiger partial charge in [-0.3, -0.25) is 4.79 Å². The van der Waals surface area contributed by atoms with Crippen LogP contribution >= 0.6 is 0 Å². The van der Waals surface area contributed by atoms with Crippen LogP contribution in [0.15, 0.2) is 48.5 Å². The van der Waals surface area contributed by atoms with Crippen LogP contribution in [0.3, 0.4) is 0 Å². The lowest BCUT2D eigenvalue weighted by Crippen LogP contribution is -2.46. The molecule has 5 nitrogen and oxygen atoms in total. The van der Waals surface area contributed by atoms with E-state index in [0.717, 1.165) is 29.8 Å². The van der Waals surface area contributed by atoms with Crippen LogP contribution in [0.25, 0.3) is 11.1 Å². The van der Waals surface area contributed by atoms with Crippen LogP contribution in [-0.2, 0) is 4.79 Å². The molecule has 2 fully saturated rings. The van der Waals surface area contributed by atoms with Crippen molar-refractivity contribution < 1.29 is 9.18 Å². The van der Waals surface area contributed by atoms with Gasteiger partial charge in [0.05, 0.1) is 17.3 Å². The molecule has 2 heterocycles. The largest absolute Gasteiger partial charge is 0.368 e. The van der Waals surface area contributed by atoms with Crippen LogP contribution in [0, 0.1) is 11.3 Å². The molecule has 0 unspecified atom stereocenters. The maximum Gasteiger partial charge on any atom is 0.237 e. The number of nitrogens with zero attached hydrogens (tertiary/aromatic N) is 2. The van der Waals surface area contributed by atoms with Gasteiger partial charge in [-0.25, -0.2) is 4.39 Å². The molecule has 144 valence electrons. The Morgan fingerprint density at radius 3 is 2.75 bits per heavy atom. The number of hydrogen-bond acceptors (Lipinski definition) is 4. The first-order valence-corrected chi connectivity index (χ1v) is 9.66. The maximum absolute atomic E-state index is 13.3. The quantitative estimate of drug-likeness (QED) is 0.858. The molecule has 3 atom stereocenters. The number of rotatable bonds is 4. The van der Waals surface area contributed by atoms with Crippen molar-refractivity contribution in [3.63, 3.8) is 0 Å². The highest BCUT2D eigenvalue weighted by atomic mass is 19.1. The topological polar surface area (TPSA) is 68.2 Å². The Labute approximate surface area is 164 Å². The Bertz CT molecular complexity index is 895. The number of halogens is 1. The SMILES string of the molecule is N#Cc1cc(-c2ccccc2)ccc1N1CC[C@H](NC(=O)[C@@H]2C[C@H](F)CN2)C1. The van der Waals surface area contributed by atoms with Crippen LogP contribution in [0.1, 0.15) is 18.4 Å². The van der Waals surface area contributed by atoms with Crippen molar-refractivity contribution in [2.24, 2.45) is 0 Å². The molecule has 2 aliphatic rings. The van der Waals surface area contributed by atoms with E-state index in [9.17, 15) is 14.4 Å². The Kier molecular flexibility index (Phi) is 5.27. The highest BCUT2D eigenvalue weighted by Crippen LogP contribution is 2.29. The van der Waals surface area contributed by atoms with Crippen molar-refractivity contribution in [1.82, 2.24) is 10.6 Å². The molecular weight excluding hydrogens is 355 g/mol. The van der Waals surface area contributed by atoms with E-state index in [1.807, 2.05) is 48.5 Å². The zero-order valence-corrected chi connectivity index (χ0v) is 15.6. The Hall–Kier alpha value is -2.91. The van der Waals surface area contributed by atoms with Crippen molar-refractivity contribution in [2.45, 2.75) is 31.1 Å². The molecule has 2 aromatic rings. The van der Waals surface area contributed by atoms with Crippen LogP contribution in [0.2, 0.25) is 0 Å². The molecule has 4 rings (SSSR count). The van der Waals surface area contributed by atoms with Gasteiger partial charge in [-0.05, 0) is 29.7 Å². The van der Waals surface area contributed by atoms with E-state index in [1.54, 1.807) is 0 Å². The lowest BCUT2D eigenvalue weighted by molar-refractivity contribution is -0.123. The summed E-state index contributed by atoms with van der Waals surface area (Å²) in [7, 11) is 0. The third kappa shape index (κ3) is 3.85. The van der Waals surface area contributed by atoms with Crippen molar-refractivity contribution >= 4 is 11.6 Å². The third-order valence-corrected chi connectivity index (χ3v) is 5.49. The van der Waals surface area contributed by atoms with Gasteiger partial charge < -0.3 is 15.5 Å². The zero-order chi connectivity index (χ0) is 19.5. The van der Waals surface area contributed by atoms with Gasteiger partial charge in [0.2, 0.25) is 5.91 Å². The van der Waals surface area contributed by atoms with Crippen LogP contribution in [0.5, 0.6) is 0 Å². The summed E-state index contributed by atoms with van der Waals surface area (Å²) in [4.78, 5) is 14.4. The predicted octanol–water partition coefficient (Wildman–Crippen LogP) is 2.62. The van der Waals surface area contributed by atoms with E-state index < -0.39 is 12.2 Å². The number of hydrogen-bond donors (Lipinski definition) is 2. The average molecular weight is 378 g/mol. The van der Waals surface area contributed by atoms with Gasteiger partial charge in [-0.15, -0.1) is 0 Å². The molecule has 2 aliphatic heterocycles. The summed E-state index contributed by atoms with van der Waals surface area (Å²) in [5, 5.41) is 15.6. The van der Waals surface area contributed by atoms with Gasteiger partial charge >= 0.3 is 0 Å². The number of carbonyl (C=O) groups excluding carboxylic acids is 1. The van der Waals surface area contributed by atoms with Gasteiger partial charge in [0.15, 0.2) is 0 Å². The van der Waals surface area contributed by atoms with Gasteiger partial charge in [0.1, 0.15) is 12.2 Å². The molecule has 0 spiro atoms. The highest BCUT2D eigenvalue weighted by Gasteiger charge is 2.32. The number of benzene rings is 2. The van der Waals surface area contributed by atoms with Crippen LogP contribution in [-0.4, -0.2) is 43.8 Å². The number of nitrogens with one attached hydrogen (secondary N) is 2. The number of anilines is 1. The first kappa shape index (κ1) is 18.5. The molecule has 0 radical (unpaired) electrons. The molecular formula is C22H23FN4O. The second-order valence-electron chi connectivity index (χ2n) is 7.44. The van der Waals surface area contributed by atoms with Crippen LogP contribution in [0.4, 0.5) is 10.1 Å². The van der Waals surface area contributed by atoms with E-state index in [1.165, 1.54) is 0 Å². The second-order valence-corrected chi connectivity index (χ2v) is 7.44. The molecule has 0 aliphatic carbocycles. The predicted molar refractivity (Wildman–Crippen MR) is 107 cm³/mol. The van der Waals surface area contributed by atoms with Crippen molar-refractivity contribution in [3.8, 4) is 17.2 Å². The first-order valence-electron chi connectivity index (χ1n) is 9.66. The molecule has 0 saturated carbocycles. The second kappa shape index (κ2) is 7.99. The van der Waals surface area contributed by atoms with Gasteiger partial charge in [-0.2, -0.15) is 5.26 Å². The van der Waals surface area contributed by atoms with Crippen molar-refractivity contribution in [1.29, 1.82) is 5.26 Å². The Morgan fingerprint density at radius 1 is 1.21 bits per heavy atom. The summed E-state index contributed by atoms with van der Waals surface area (Å²) >= 11 is 0. The van der Waals surface area contributed by atoms with E-state index in [-0.39, 0.29) is 24.9 Å². The monoisotopic (exact) mass is 378 g/mol. The summed E-state index contributed by atoms with van der Waals surface area (Å²) in [5.41, 5.74) is 3.61. The zero-order valence-electron chi connectivity index (χ0n) is 15.6. The Balaban J connectivity index is 1.44. The summed E-state index contributed by atoms with van der Waals surface area (Å²) in [6.07, 6.45) is 0.0992. The number of nitriles is 1. The standard InChI is InChI=1S/C22H23FN4O/c23-18-11-20(25-13-18)22(28)26-19-8-9-27(14-19)21-7-6-16(10-17(21)12-24)15-4-2-1-3-5-15/h1-7,10,18-20,25H,8-9,11,13-14H2,(H,26,28)/t18-,19-,20-/m0/s1. The Morgan fingerprint density at radius 2 is 2.04 bits per heavy atom. The van der Waals surface area contributed by atoms with E-state index in [0.29, 0.717) is 12.1 Å². The fourth-order valence-electron chi connectivity index (χ4n) is 4.00. The van der Waals surface area contributed by atoms with Gasteiger partial charge in [0.25, 0.3) is 0 Å². The minimum atomic E-state index is -0.947. The van der Waals surface area contributed by atoms with Crippen molar-refractivity contribution in [3.05, 3.63) is 54.1 Å². The fourth-order valence-corrected chi connectivity index (χ4v) is 4.00. The lowest BCUT2D eigenvalue weighted by Gasteiger charge is -2.21. The van der Waals surface area contributed by atoms with Crippen LogP contribution < -0.4 is 15.5 Å². The summed E-state index contributed by atoms with van der Waals surface area (Å²) in [6.45, 7) is 1.67. The highest BCUT2D eigenvalue weighted by molar-refractivity contribution is 5.82. The first-order chi connectivity index (χ1) is 13.6. The maximum atomic E-state index is 13.3. The average Bonchev–Trinajstić information content (AvgIpc) is 3.37. The molecule has 0 bridgehead atoms. The van der Waals surface area contributed by atoms with Gasteiger partial charge in [-0.1, -0.05) is 36.4 Å². The molecule has 2 aromatic carbocycles.